The molecule has 0 atom stereocenters. The van der Waals surface area contributed by atoms with Crippen molar-refractivity contribution in [2.45, 2.75) is 17.1 Å². The minimum Gasteiger partial charge on any atom is -0.355 e. The molecule has 0 bridgehead atoms. The largest absolute Gasteiger partial charge is 0.355 e. The number of hydrogen-bond donors (Lipinski definition) is 3. The van der Waals surface area contributed by atoms with Crippen LogP contribution in [0.2, 0.25) is 0 Å². The van der Waals surface area contributed by atoms with Gasteiger partial charge in [0.1, 0.15) is 10.0 Å². The zero-order chi connectivity index (χ0) is 20.1. The van der Waals surface area contributed by atoms with E-state index in [9.17, 15) is 13.2 Å². The summed E-state index contributed by atoms with van der Waals surface area (Å²) in [5, 5.41) is 11.3. The van der Waals surface area contributed by atoms with Gasteiger partial charge in [-0.15, -0.1) is 11.3 Å². The quantitative estimate of drug-likeness (QED) is 0.468. The summed E-state index contributed by atoms with van der Waals surface area (Å²) in [7, 11) is -1.76. The van der Waals surface area contributed by atoms with E-state index in [1.807, 2.05) is 7.05 Å². The number of carbonyl (C=O) groups is 1. The Hall–Kier alpha value is -2.50. The van der Waals surface area contributed by atoms with E-state index in [0.717, 1.165) is 22.7 Å². The summed E-state index contributed by atoms with van der Waals surface area (Å²) in [5.41, 5.74) is 1.23. The molecule has 0 unspecified atom stereocenters. The van der Waals surface area contributed by atoms with Crippen LogP contribution in [-0.2, 0) is 34.7 Å². The molecule has 3 rings (SSSR count). The van der Waals surface area contributed by atoms with Crippen molar-refractivity contribution in [1.82, 2.24) is 20.1 Å². The maximum Gasteiger partial charge on any atom is 0.271 e. The Kier molecular flexibility index (Phi) is 6.27. The second-order valence-corrected chi connectivity index (χ2v) is 9.26. The first-order chi connectivity index (χ1) is 13.3. The van der Waals surface area contributed by atoms with E-state index in [2.05, 4.69) is 20.2 Å². The van der Waals surface area contributed by atoms with Crippen LogP contribution in [0.4, 0.5) is 5.69 Å². The molecule has 0 aliphatic heterocycles. The number of carbonyl (C=O) groups excluding carboxylic acids is 1. The Labute approximate surface area is 171 Å². The van der Waals surface area contributed by atoms with Crippen LogP contribution >= 0.6 is 23.6 Å². The number of aromatic nitrogens is 3. The molecule has 0 spiro atoms. The number of sulfonamides is 1. The normalized spacial score (nSPS) is 11.3. The Bertz CT molecular complexity index is 1100. The molecule has 11 heteroatoms. The average Bonchev–Trinajstić information content (AvgIpc) is 3.30. The Morgan fingerprint density at radius 2 is 2.04 bits per heavy atom. The number of H-pyrrole nitrogens is 1. The monoisotopic (exact) mass is 437 g/mol. The standard InChI is InChI=1S/C17H19N5O3S3/c1-22-14(19-20-17(22)26)8-9-18-15(23)11-12-4-6-13(7-5-12)21-28(24,25)16-3-2-10-27-16/h2-7,10,21H,8-9,11H2,1H3,(H,18,23)(H,20,26). The molecule has 0 fully saturated rings. The van der Waals surface area contributed by atoms with Gasteiger partial charge in [-0.05, 0) is 41.4 Å². The van der Waals surface area contributed by atoms with Gasteiger partial charge in [0.15, 0.2) is 4.77 Å². The first-order valence-electron chi connectivity index (χ1n) is 8.37. The van der Waals surface area contributed by atoms with Crippen molar-refractivity contribution in [2.75, 3.05) is 11.3 Å². The molecule has 148 valence electrons. The van der Waals surface area contributed by atoms with Gasteiger partial charge in [0.2, 0.25) is 5.91 Å². The molecule has 28 heavy (non-hydrogen) atoms. The van der Waals surface area contributed by atoms with Gasteiger partial charge in [0, 0.05) is 25.7 Å². The number of thiophene rings is 1. The number of rotatable bonds is 8. The lowest BCUT2D eigenvalue weighted by Gasteiger charge is -2.08. The summed E-state index contributed by atoms with van der Waals surface area (Å²) in [6.45, 7) is 0.449. The second-order valence-electron chi connectivity index (χ2n) is 6.02. The van der Waals surface area contributed by atoms with Gasteiger partial charge in [-0.1, -0.05) is 18.2 Å². The van der Waals surface area contributed by atoms with E-state index < -0.39 is 10.0 Å². The van der Waals surface area contributed by atoms with Crippen molar-refractivity contribution < 1.29 is 13.2 Å². The van der Waals surface area contributed by atoms with Crippen LogP contribution in [0, 0.1) is 4.77 Å². The van der Waals surface area contributed by atoms with Gasteiger partial charge in [-0.3, -0.25) is 14.6 Å². The molecule has 0 saturated heterocycles. The van der Waals surface area contributed by atoms with Gasteiger partial charge >= 0.3 is 0 Å². The summed E-state index contributed by atoms with van der Waals surface area (Å²) in [6.07, 6.45) is 0.774. The predicted molar refractivity (Wildman–Crippen MR) is 110 cm³/mol. The molecule has 1 aromatic carbocycles. The van der Waals surface area contributed by atoms with Crippen LogP contribution in [0.15, 0.2) is 46.0 Å². The smallest absolute Gasteiger partial charge is 0.271 e. The molecule has 0 aliphatic rings. The summed E-state index contributed by atoms with van der Waals surface area (Å²) in [6, 6.07) is 9.96. The van der Waals surface area contributed by atoms with Crippen molar-refractivity contribution in [2.24, 2.45) is 7.05 Å². The van der Waals surface area contributed by atoms with Crippen LogP contribution in [0.1, 0.15) is 11.4 Å². The number of nitrogens with one attached hydrogen (secondary N) is 3. The van der Waals surface area contributed by atoms with Crippen LogP contribution in [0.3, 0.4) is 0 Å². The fourth-order valence-electron chi connectivity index (χ4n) is 2.48. The third-order valence-corrected chi connectivity index (χ3v) is 7.12. The maximum absolute atomic E-state index is 12.2. The van der Waals surface area contributed by atoms with Gasteiger partial charge in [0.25, 0.3) is 10.0 Å². The Morgan fingerprint density at radius 3 is 2.64 bits per heavy atom. The number of aromatic amines is 1. The maximum atomic E-state index is 12.2. The summed E-state index contributed by atoms with van der Waals surface area (Å²) in [5.74, 6) is 0.649. The first kappa shape index (κ1) is 20.2. The molecule has 0 aliphatic carbocycles. The van der Waals surface area contributed by atoms with Gasteiger partial charge in [0.05, 0.1) is 6.42 Å². The van der Waals surface area contributed by atoms with Gasteiger partial charge in [-0.25, -0.2) is 8.42 Å². The van der Waals surface area contributed by atoms with Crippen LogP contribution < -0.4 is 10.0 Å². The third kappa shape index (κ3) is 5.06. The van der Waals surface area contributed by atoms with Gasteiger partial charge in [-0.2, -0.15) is 5.10 Å². The second kappa shape index (κ2) is 8.67. The average molecular weight is 438 g/mol. The molecule has 3 N–H and O–H groups in total. The van der Waals surface area contributed by atoms with Crippen LogP contribution in [0.5, 0.6) is 0 Å². The number of amides is 1. The SMILES string of the molecule is Cn1c(CCNC(=O)Cc2ccc(NS(=O)(=O)c3cccs3)cc2)n[nH]c1=S. The van der Waals surface area contributed by atoms with Crippen molar-refractivity contribution in [1.29, 1.82) is 0 Å². The van der Waals surface area contributed by atoms with Gasteiger partial charge < -0.3 is 9.88 Å². The molecule has 2 heterocycles. The molecule has 2 aromatic heterocycles. The molecular formula is C17H19N5O3S3. The van der Waals surface area contributed by atoms with E-state index in [0.29, 0.717) is 23.4 Å². The number of anilines is 1. The Morgan fingerprint density at radius 1 is 1.29 bits per heavy atom. The summed E-state index contributed by atoms with van der Waals surface area (Å²) < 4.78 is 29.5. The van der Waals surface area contributed by atoms with Crippen LogP contribution in [-0.4, -0.2) is 35.6 Å². The van der Waals surface area contributed by atoms with Crippen molar-refractivity contribution in [3.05, 3.63) is 57.9 Å². The van der Waals surface area contributed by atoms with E-state index in [1.54, 1.807) is 46.3 Å². The minimum atomic E-state index is -3.57. The van der Waals surface area contributed by atoms with E-state index in [1.165, 1.54) is 0 Å². The highest BCUT2D eigenvalue weighted by Gasteiger charge is 2.15. The molecular weight excluding hydrogens is 418 g/mol. The number of nitrogens with zero attached hydrogens (tertiary/aromatic N) is 2. The summed E-state index contributed by atoms with van der Waals surface area (Å²) in [4.78, 5) is 12.1. The van der Waals surface area contributed by atoms with E-state index >= 15 is 0 Å². The van der Waals surface area contributed by atoms with Crippen molar-refractivity contribution in [3.63, 3.8) is 0 Å². The van der Waals surface area contributed by atoms with Crippen LogP contribution in [0.25, 0.3) is 0 Å². The van der Waals surface area contributed by atoms with Crippen molar-refractivity contribution in [3.8, 4) is 0 Å². The first-order valence-corrected chi connectivity index (χ1v) is 11.1. The summed E-state index contributed by atoms with van der Waals surface area (Å²) >= 11 is 6.20. The fourth-order valence-corrected chi connectivity index (χ4v) is 4.68. The third-order valence-electron chi connectivity index (χ3n) is 3.97. The molecule has 8 nitrogen and oxygen atoms in total. The number of benzene rings is 1. The predicted octanol–water partition coefficient (Wildman–Crippen LogP) is 2.24. The zero-order valence-electron chi connectivity index (χ0n) is 15.0. The minimum absolute atomic E-state index is 0.122. The van der Waals surface area contributed by atoms with E-state index in [-0.39, 0.29) is 16.5 Å². The molecule has 0 radical (unpaired) electrons. The molecule has 3 aromatic rings. The zero-order valence-corrected chi connectivity index (χ0v) is 17.5. The lowest BCUT2D eigenvalue weighted by atomic mass is 10.1. The fraction of sp³-hybridized carbons (Fsp3) is 0.235. The Balaban J connectivity index is 1.50. The molecule has 1 amide bonds. The highest BCUT2D eigenvalue weighted by Crippen LogP contribution is 2.20. The van der Waals surface area contributed by atoms with Crippen molar-refractivity contribution >= 4 is 45.2 Å². The molecule has 0 saturated carbocycles. The highest BCUT2D eigenvalue weighted by molar-refractivity contribution is 7.94. The van der Waals surface area contributed by atoms with E-state index in [4.69, 9.17) is 12.2 Å². The lowest BCUT2D eigenvalue weighted by molar-refractivity contribution is -0.120. The topological polar surface area (TPSA) is 109 Å². The lowest BCUT2D eigenvalue weighted by Crippen LogP contribution is -2.27. The highest BCUT2D eigenvalue weighted by atomic mass is 32.2. The number of hydrogen-bond acceptors (Lipinski definition) is 6.